The smallest absolute Gasteiger partial charge is 0.246 e. The van der Waals surface area contributed by atoms with Crippen molar-refractivity contribution in [2.45, 2.75) is 19.4 Å². The molecular weight excluding hydrogens is 405 g/mol. The van der Waals surface area contributed by atoms with Crippen molar-refractivity contribution in [2.75, 3.05) is 39.3 Å². The van der Waals surface area contributed by atoms with Gasteiger partial charge in [0.05, 0.1) is 0 Å². The molecule has 0 atom stereocenters. The molecule has 2 amide bonds. The zero-order valence-corrected chi connectivity index (χ0v) is 18.3. The summed E-state index contributed by atoms with van der Waals surface area (Å²) in [6, 6.07) is 16.6. The number of piperazine rings is 1. The van der Waals surface area contributed by atoms with E-state index in [4.69, 9.17) is 0 Å². The van der Waals surface area contributed by atoms with Gasteiger partial charge in [-0.3, -0.25) is 14.5 Å². The molecule has 6 heteroatoms. The molecule has 2 aromatic carbocycles. The summed E-state index contributed by atoms with van der Waals surface area (Å²) in [6.07, 6.45) is 4.87. The Morgan fingerprint density at radius 3 is 2.19 bits per heavy atom. The fourth-order valence-electron chi connectivity index (χ4n) is 4.44. The molecule has 0 radical (unpaired) electrons. The van der Waals surface area contributed by atoms with Crippen LogP contribution in [0.1, 0.15) is 24.0 Å². The van der Waals surface area contributed by atoms with Gasteiger partial charge in [0.25, 0.3) is 0 Å². The topological polar surface area (TPSA) is 43.9 Å². The number of carbonyl (C=O) groups is 2. The molecule has 2 aliphatic rings. The average molecular weight is 436 g/mol. The molecule has 2 aliphatic heterocycles. The number of rotatable bonds is 5. The van der Waals surface area contributed by atoms with E-state index < -0.39 is 0 Å². The minimum Gasteiger partial charge on any atom is -0.340 e. The third kappa shape index (κ3) is 5.62. The maximum atomic E-state index is 13.9. The van der Waals surface area contributed by atoms with E-state index >= 15 is 0 Å². The van der Waals surface area contributed by atoms with Crippen LogP contribution in [0.2, 0.25) is 0 Å². The first-order valence-corrected chi connectivity index (χ1v) is 11.4. The van der Waals surface area contributed by atoms with Gasteiger partial charge in [-0.25, -0.2) is 4.39 Å². The third-order valence-electron chi connectivity index (χ3n) is 6.41. The highest BCUT2D eigenvalue weighted by Crippen LogP contribution is 2.21. The number of halogens is 1. The van der Waals surface area contributed by atoms with Crippen LogP contribution in [0.3, 0.4) is 0 Å². The molecule has 5 nitrogen and oxygen atoms in total. The molecule has 0 saturated carbocycles. The normalized spacial score (nSPS) is 18.3. The average Bonchev–Trinajstić information content (AvgIpc) is 2.85. The van der Waals surface area contributed by atoms with Gasteiger partial charge in [-0.05, 0) is 30.5 Å². The van der Waals surface area contributed by atoms with E-state index in [0.29, 0.717) is 51.1 Å². The van der Waals surface area contributed by atoms with E-state index in [2.05, 4.69) is 4.90 Å². The van der Waals surface area contributed by atoms with Crippen LogP contribution in [-0.2, 0) is 16.1 Å². The van der Waals surface area contributed by atoms with E-state index in [0.717, 1.165) is 18.7 Å². The van der Waals surface area contributed by atoms with Gasteiger partial charge in [0, 0.05) is 63.4 Å². The van der Waals surface area contributed by atoms with Crippen molar-refractivity contribution >= 4 is 17.9 Å². The fourth-order valence-corrected chi connectivity index (χ4v) is 4.44. The van der Waals surface area contributed by atoms with Crippen molar-refractivity contribution in [1.29, 1.82) is 0 Å². The lowest BCUT2D eigenvalue weighted by Crippen LogP contribution is -2.51. The summed E-state index contributed by atoms with van der Waals surface area (Å²) in [6.45, 7) is 4.65. The lowest BCUT2D eigenvalue weighted by molar-refractivity contribution is -0.141. The second-order valence-corrected chi connectivity index (χ2v) is 8.54. The maximum absolute atomic E-state index is 13.9. The molecule has 32 heavy (non-hydrogen) atoms. The molecule has 168 valence electrons. The molecule has 0 aliphatic carbocycles. The number of piperidine rings is 1. The summed E-state index contributed by atoms with van der Waals surface area (Å²) in [7, 11) is 0. The summed E-state index contributed by atoms with van der Waals surface area (Å²) < 4.78 is 13.9. The Morgan fingerprint density at radius 2 is 1.50 bits per heavy atom. The second kappa shape index (κ2) is 10.6. The van der Waals surface area contributed by atoms with Crippen LogP contribution in [0.25, 0.3) is 6.08 Å². The minimum atomic E-state index is -0.175. The first kappa shape index (κ1) is 22.2. The molecule has 0 unspecified atom stereocenters. The number of likely N-dealkylation sites (tertiary alicyclic amines) is 1. The molecule has 2 heterocycles. The molecule has 0 bridgehead atoms. The molecular formula is C26H30FN3O2. The molecule has 0 spiro atoms. The Balaban J connectivity index is 1.21. The van der Waals surface area contributed by atoms with Crippen molar-refractivity contribution in [3.63, 3.8) is 0 Å². The van der Waals surface area contributed by atoms with Crippen molar-refractivity contribution < 1.29 is 14.0 Å². The van der Waals surface area contributed by atoms with Gasteiger partial charge in [0.15, 0.2) is 0 Å². The van der Waals surface area contributed by atoms with Crippen molar-refractivity contribution in [1.82, 2.24) is 14.7 Å². The summed E-state index contributed by atoms with van der Waals surface area (Å²) in [4.78, 5) is 31.4. The van der Waals surface area contributed by atoms with Gasteiger partial charge in [0.2, 0.25) is 11.8 Å². The molecule has 2 saturated heterocycles. The largest absolute Gasteiger partial charge is 0.340 e. The van der Waals surface area contributed by atoms with Gasteiger partial charge in [-0.15, -0.1) is 0 Å². The molecule has 0 N–H and O–H groups in total. The molecule has 2 fully saturated rings. The number of hydrogen-bond donors (Lipinski definition) is 0. The van der Waals surface area contributed by atoms with Gasteiger partial charge in [-0.2, -0.15) is 0 Å². The van der Waals surface area contributed by atoms with Crippen LogP contribution in [0.5, 0.6) is 0 Å². The summed E-state index contributed by atoms with van der Waals surface area (Å²) >= 11 is 0. The van der Waals surface area contributed by atoms with Crippen LogP contribution in [0.4, 0.5) is 4.39 Å². The van der Waals surface area contributed by atoms with Gasteiger partial charge >= 0.3 is 0 Å². The Labute approximate surface area is 189 Å². The summed E-state index contributed by atoms with van der Waals surface area (Å²) in [5, 5.41) is 0. The standard InChI is InChI=1S/C26H30FN3O2/c27-24-9-5-4-8-23(24)20-28-16-18-30(19-17-28)26(32)22-12-14-29(15-13-22)25(31)11-10-21-6-2-1-3-7-21/h1-11,22H,12-20H2/b11-10+. The zero-order chi connectivity index (χ0) is 22.3. The third-order valence-corrected chi connectivity index (χ3v) is 6.41. The number of hydrogen-bond acceptors (Lipinski definition) is 3. The first-order valence-electron chi connectivity index (χ1n) is 11.4. The predicted octanol–water partition coefficient (Wildman–Crippen LogP) is 3.42. The monoisotopic (exact) mass is 435 g/mol. The Hall–Kier alpha value is -2.99. The molecule has 4 rings (SSSR count). The van der Waals surface area contributed by atoms with Crippen molar-refractivity contribution in [3.8, 4) is 0 Å². The van der Waals surface area contributed by atoms with Crippen LogP contribution < -0.4 is 0 Å². The van der Waals surface area contributed by atoms with Gasteiger partial charge < -0.3 is 9.80 Å². The maximum Gasteiger partial charge on any atom is 0.246 e. The van der Waals surface area contributed by atoms with E-state index in [1.807, 2.05) is 58.3 Å². The quantitative estimate of drug-likeness (QED) is 0.676. The molecule has 0 aromatic heterocycles. The highest BCUT2D eigenvalue weighted by atomic mass is 19.1. The highest BCUT2D eigenvalue weighted by Gasteiger charge is 2.31. The van der Waals surface area contributed by atoms with Gasteiger partial charge in [-0.1, -0.05) is 48.5 Å². The van der Waals surface area contributed by atoms with Crippen LogP contribution >= 0.6 is 0 Å². The lowest BCUT2D eigenvalue weighted by atomic mass is 9.95. The molecule has 2 aromatic rings. The van der Waals surface area contributed by atoms with Crippen molar-refractivity contribution in [2.24, 2.45) is 5.92 Å². The number of nitrogens with zero attached hydrogens (tertiary/aromatic N) is 3. The van der Waals surface area contributed by atoms with Crippen LogP contribution in [0, 0.1) is 11.7 Å². The second-order valence-electron chi connectivity index (χ2n) is 8.54. The SMILES string of the molecule is O=C(/C=C/c1ccccc1)N1CCC(C(=O)N2CCN(Cc3ccccc3F)CC2)CC1. The highest BCUT2D eigenvalue weighted by molar-refractivity contribution is 5.92. The van der Waals surface area contributed by atoms with Crippen molar-refractivity contribution in [3.05, 3.63) is 77.6 Å². The van der Waals surface area contributed by atoms with E-state index in [1.54, 1.807) is 12.1 Å². The number of amides is 2. The Kier molecular flexibility index (Phi) is 7.32. The number of carbonyl (C=O) groups excluding carboxylic acids is 2. The van der Waals surface area contributed by atoms with Crippen LogP contribution in [0.15, 0.2) is 60.7 Å². The minimum absolute atomic E-state index is 0.00140. The van der Waals surface area contributed by atoms with Crippen LogP contribution in [-0.4, -0.2) is 65.8 Å². The predicted molar refractivity (Wildman–Crippen MR) is 123 cm³/mol. The lowest BCUT2D eigenvalue weighted by Gasteiger charge is -2.38. The fraction of sp³-hybridized carbons (Fsp3) is 0.385. The zero-order valence-electron chi connectivity index (χ0n) is 18.3. The van der Waals surface area contributed by atoms with E-state index in [9.17, 15) is 14.0 Å². The Bertz CT molecular complexity index is 947. The van der Waals surface area contributed by atoms with E-state index in [1.165, 1.54) is 6.07 Å². The summed E-state index contributed by atoms with van der Waals surface area (Å²) in [5.74, 6) is 0.00479. The first-order chi connectivity index (χ1) is 15.6. The summed E-state index contributed by atoms with van der Waals surface area (Å²) in [5.41, 5.74) is 1.70. The number of benzene rings is 2. The Morgan fingerprint density at radius 1 is 0.844 bits per heavy atom. The van der Waals surface area contributed by atoms with Gasteiger partial charge in [0.1, 0.15) is 5.82 Å². The van der Waals surface area contributed by atoms with E-state index in [-0.39, 0.29) is 23.5 Å².